The number of rotatable bonds is 9. The van der Waals surface area contributed by atoms with E-state index in [4.69, 9.17) is 9.47 Å². The fourth-order valence-corrected chi connectivity index (χ4v) is 2.83. The van der Waals surface area contributed by atoms with Crippen LogP contribution < -0.4 is 20.1 Å². The summed E-state index contributed by atoms with van der Waals surface area (Å²) in [5.74, 6) is 0.873. The van der Waals surface area contributed by atoms with Gasteiger partial charge in [-0.2, -0.15) is 5.10 Å². The van der Waals surface area contributed by atoms with Crippen LogP contribution in [-0.2, 0) is 13.1 Å². The predicted molar refractivity (Wildman–Crippen MR) is 110 cm³/mol. The lowest BCUT2D eigenvalue weighted by Crippen LogP contribution is -2.24. The normalized spacial score (nSPS) is 10.3. The highest BCUT2D eigenvalue weighted by molar-refractivity contribution is 5.97. The Hall–Kier alpha value is -4.08. The number of hydrogen-bond donors (Lipinski definition) is 3. The minimum atomic E-state index is -0.451. The number of nitro groups is 1. The standard InChI is InChI=1S/C20H21N5O5/c1-29-16-7-6-14(18(9-16)30-2)11-22-20(26)19-17(12-23-24-19)21-10-13-4-3-5-15(8-13)25(27)28/h3-9,12,21H,10-11H2,1-2H3,(H,22,26)(H,23,24). The first-order chi connectivity index (χ1) is 14.5. The highest BCUT2D eigenvalue weighted by Gasteiger charge is 2.16. The topological polar surface area (TPSA) is 131 Å². The van der Waals surface area contributed by atoms with Gasteiger partial charge in [-0.05, 0) is 17.7 Å². The van der Waals surface area contributed by atoms with E-state index in [1.807, 2.05) is 6.07 Å². The number of anilines is 1. The number of benzene rings is 2. The second-order valence-electron chi connectivity index (χ2n) is 6.29. The molecule has 1 heterocycles. The average Bonchev–Trinajstić information content (AvgIpc) is 3.24. The monoisotopic (exact) mass is 411 g/mol. The van der Waals surface area contributed by atoms with Crippen LogP contribution in [0.3, 0.4) is 0 Å². The molecule has 0 spiro atoms. The van der Waals surface area contributed by atoms with Crippen molar-refractivity contribution in [2.75, 3.05) is 19.5 Å². The van der Waals surface area contributed by atoms with Gasteiger partial charge in [-0.25, -0.2) is 0 Å². The molecule has 0 aliphatic carbocycles. The Morgan fingerprint density at radius 3 is 2.73 bits per heavy atom. The number of nitrogens with zero attached hydrogens (tertiary/aromatic N) is 2. The quantitative estimate of drug-likeness (QED) is 0.364. The first kappa shape index (κ1) is 20.6. The summed E-state index contributed by atoms with van der Waals surface area (Å²) in [7, 11) is 3.11. The Bertz CT molecular complexity index is 1050. The Labute approximate surface area is 172 Å². The highest BCUT2D eigenvalue weighted by atomic mass is 16.6. The fourth-order valence-electron chi connectivity index (χ4n) is 2.83. The average molecular weight is 411 g/mol. The molecule has 3 N–H and O–H groups in total. The van der Waals surface area contributed by atoms with E-state index in [1.54, 1.807) is 44.7 Å². The highest BCUT2D eigenvalue weighted by Crippen LogP contribution is 2.24. The van der Waals surface area contributed by atoms with Gasteiger partial charge in [0.15, 0.2) is 5.69 Å². The van der Waals surface area contributed by atoms with Crippen LogP contribution in [0.1, 0.15) is 21.6 Å². The van der Waals surface area contributed by atoms with Gasteiger partial charge >= 0.3 is 0 Å². The summed E-state index contributed by atoms with van der Waals surface area (Å²) in [4.78, 5) is 23.0. The van der Waals surface area contributed by atoms with Crippen molar-refractivity contribution in [3.63, 3.8) is 0 Å². The fraction of sp³-hybridized carbons (Fsp3) is 0.200. The van der Waals surface area contributed by atoms with Gasteiger partial charge in [0.1, 0.15) is 11.5 Å². The van der Waals surface area contributed by atoms with E-state index in [-0.39, 0.29) is 23.8 Å². The number of aromatic nitrogens is 2. The molecule has 2 aromatic carbocycles. The summed E-state index contributed by atoms with van der Waals surface area (Å²) < 4.78 is 10.5. The summed E-state index contributed by atoms with van der Waals surface area (Å²) >= 11 is 0. The maximum absolute atomic E-state index is 12.6. The number of amides is 1. The van der Waals surface area contributed by atoms with E-state index in [9.17, 15) is 14.9 Å². The van der Waals surface area contributed by atoms with Crippen LogP contribution in [0.5, 0.6) is 11.5 Å². The van der Waals surface area contributed by atoms with Crippen molar-refractivity contribution in [3.8, 4) is 11.5 Å². The number of H-pyrrole nitrogens is 1. The van der Waals surface area contributed by atoms with Crippen LogP contribution in [0.2, 0.25) is 0 Å². The largest absolute Gasteiger partial charge is 0.497 e. The molecule has 10 nitrogen and oxygen atoms in total. The summed E-state index contributed by atoms with van der Waals surface area (Å²) in [5.41, 5.74) is 2.18. The van der Waals surface area contributed by atoms with Crippen molar-refractivity contribution in [2.45, 2.75) is 13.1 Å². The van der Waals surface area contributed by atoms with E-state index in [0.29, 0.717) is 29.3 Å². The van der Waals surface area contributed by atoms with Crippen molar-refractivity contribution in [1.29, 1.82) is 0 Å². The molecule has 1 amide bonds. The lowest BCUT2D eigenvalue weighted by atomic mass is 10.2. The molecule has 0 aliphatic rings. The Kier molecular flexibility index (Phi) is 6.48. The van der Waals surface area contributed by atoms with E-state index in [0.717, 1.165) is 5.56 Å². The number of carbonyl (C=O) groups is 1. The molecule has 1 aromatic heterocycles. The second-order valence-corrected chi connectivity index (χ2v) is 6.29. The number of aromatic amines is 1. The van der Waals surface area contributed by atoms with Crippen molar-refractivity contribution >= 4 is 17.3 Å². The number of carbonyl (C=O) groups excluding carboxylic acids is 1. The van der Waals surface area contributed by atoms with Gasteiger partial charge in [0.25, 0.3) is 11.6 Å². The molecule has 30 heavy (non-hydrogen) atoms. The minimum absolute atomic E-state index is 0.00731. The zero-order valence-electron chi connectivity index (χ0n) is 16.5. The number of hydrogen-bond acceptors (Lipinski definition) is 7. The lowest BCUT2D eigenvalue weighted by molar-refractivity contribution is -0.384. The molecule has 0 aliphatic heterocycles. The molecule has 0 bridgehead atoms. The van der Waals surface area contributed by atoms with Gasteiger partial charge < -0.3 is 20.1 Å². The van der Waals surface area contributed by atoms with Crippen LogP contribution in [-0.4, -0.2) is 35.2 Å². The zero-order chi connectivity index (χ0) is 21.5. The molecule has 0 saturated carbocycles. The molecule has 156 valence electrons. The molecule has 3 aromatic rings. The first-order valence-corrected chi connectivity index (χ1v) is 9.02. The predicted octanol–water partition coefficient (Wildman–Crippen LogP) is 2.88. The zero-order valence-corrected chi connectivity index (χ0v) is 16.5. The molecule has 0 atom stereocenters. The SMILES string of the molecule is COc1ccc(CNC(=O)c2n[nH]cc2NCc2cccc([N+](=O)[O-])c2)c(OC)c1. The van der Waals surface area contributed by atoms with Crippen LogP contribution in [0, 0.1) is 10.1 Å². The Morgan fingerprint density at radius 2 is 2.00 bits per heavy atom. The van der Waals surface area contributed by atoms with Crippen LogP contribution in [0.4, 0.5) is 11.4 Å². The van der Waals surface area contributed by atoms with Gasteiger partial charge in [0, 0.05) is 43.0 Å². The van der Waals surface area contributed by atoms with E-state index >= 15 is 0 Å². The maximum Gasteiger partial charge on any atom is 0.274 e. The third kappa shape index (κ3) is 4.85. The third-order valence-corrected chi connectivity index (χ3v) is 4.39. The molecular weight excluding hydrogens is 390 g/mol. The summed E-state index contributed by atoms with van der Waals surface area (Å²) in [6, 6.07) is 11.6. The molecule has 0 saturated heterocycles. The number of nitro benzene ring substituents is 1. The first-order valence-electron chi connectivity index (χ1n) is 9.02. The maximum atomic E-state index is 12.6. The summed E-state index contributed by atoms with van der Waals surface area (Å²) in [5, 5.41) is 23.4. The number of non-ortho nitro benzene ring substituents is 1. The molecular formula is C20H21N5O5. The van der Waals surface area contributed by atoms with E-state index in [1.165, 1.54) is 12.1 Å². The van der Waals surface area contributed by atoms with Crippen molar-refractivity contribution in [3.05, 3.63) is 75.6 Å². The van der Waals surface area contributed by atoms with Gasteiger partial charge in [-0.1, -0.05) is 12.1 Å². The minimum Gasteiger partial charge on any atom is -0.497 e. The summed E-state index contributed by atoms with van der Waals surface area (Å²) in [6.45, 7) is 0.539. The molecule has 10 heteroatoms. The smallest absolute Gasteiger partial charge is 0.274 e. The third-order valence-electron chi connectivity index (χ3n) is 4.39. The Balaban J connectivity index is 1.64. The van der Waals surface area contributed by atoms with Crippen molar-refractivity contribution in [2.24, 2.45) is 0 Å². The number of ether oxygens (including phenoxy) is 2. The van der Waals surface area contributed by atoms with Gasteiger partial charge in [0.2, 0.25) is 0 Å². The van der Waals surface area contributed by atoms with Gasteiger partial charge in [0.05, 0.1) is 24.8 Å². The van der Waals surface area contributed by atoms with Gasteiger partial charge in [-0.15, -0.1) is 0 Å². The van der Waals surface area contributed by atoms with E-state index in [2.05, 4.69) is 20.8 Å². The van der Waals surface area contributed by atoms with Gasteiger partial charge in [-0.3, -0.25) is 20.0 Å². The van der Waals surface area contributed by atoms with Crippen LogP contribution in [0.25, 0.3) is 0 Å². The molecule has 0 fully saturated rings. The van der Waals surface area contributed by atoms with Crippen molar-refractivity contribution in [1.82, 2.24) is 15.5 Å². The molecule has 0 unspecified atom stereocenters. The summed E-state index contributed by atoms with van der Waals surface area (Å²) in [6.07, 6.45) is 1.56. The second kappa shape index (κ2) is 9.41. The molecule has 0 radical (unpaired) electrons. The van der Waals surface area contributed by atoms with Crippen LogP contribution >= 0.6 is 0 Å². The van der Waals surface area contributed by atoms with E-state index < -0.39 is 4.92 Å². The van der Waals surface area contributed by atoms with Crippen LogP contribution in [0.15, 0.2) is 48.7 Å². The van der Waals surface area contributed by atoms with Crippen molar-refractivity contribution < 1.29 is 19.2 Å². The Morgan fingerprint density at radius 1 is 1.17 bits per heavy atom. The number of nitrogens with one attached hydrogen (secondary N) is 3. The molecule has 3 rings (SSSR count). The lowest BCUT2D eigenvalue weighted by Gasteiger charge is -2.11. The number of methoxy groups -OCH3 is 2.